The first kappa shape index (κ1) is 12.9. The molecule has 0 unspecified atom stereocenters. The van der Waals surface area contributed by atoms with Gasteiger partial charge in [-0.1, -0.05) is 0 Å². The number of hydrogen-bond acceptors (Lipinski definition) is 6. The SMILES string of the molecule is O=S1(=O)C[C@@H](N(CCO)CCO)[C@@H](O)C1. The van der Waals surface area contributed by atoms with Gasteiger partial charge < -0.3 is 15.3 Å². The predicted molar refractivity (Wildman–Crippen MR) is 54.2 cm³/mol. The number of aliphatic hydroxyl groups is 3. The summed E-state index contributed by atoms with van der Waals surface area (Å²) >= 11 is 0. The van der Waals surface area contributed by atoms with Crippen molar-refractivity contribution in [3.05, 3.63) is 0 Å². The number of hydrogen-bond donors (Lipinski definition) is 3. The summed E-state index contributed by atoms with van der Waals surface area (Å²) in [5.41, 5.74) is 0. The molecule has 1 saturated heterocycles. The van der Waals surface area contributed by atoms with Gasteiger partial charge in [0.2, 0.25) is 0 Å². The average Bonchev–Trinajstić information content (AvgIpc) is 2.39. The highest BCUT2D eigenvalue weighted by molar-refractivity contribution is 7.91. The van der Waals surface area contributed by atoms with Crippen molar-refractivity contribution in [3.63, 3.8) is 0 Å². The Balaban J connectivity index is 2.67. The Bertz CT molecular complexity index is 285. The fourth-order valence-corrected chi connectivity index (χ4v) is 3.69. The summed E-state index contributed by atoms with van der Waals surface area (Å²) < 4.78 is 22.5. The van der Waals surface area contributed by atoms with Crippen LogP contribution in [-0.2, 0) is 9.84 Å². The molecule has 0 aliphatic carbocycles. The van der Waals surface area contributed by atoms with Crippen LogP contribution in [-0.4, -0.2) is 78.6 Å². The third-order valence-corrected chi connectivity index (χ3v) is 4.24. The van der Waals surface area contributed by atoms with E-state index >= 15 is 0 Å². The van der Waals surface area contributed by atoms with Crippen LogP contribution in [0.1, 0.15) is 0 Å². The van der Waals surface area contributed by atoms with E-state index in [0.717, 1.165) is 0 Å². The van der Waals surface area contributed by atoms with E-state index < -0.39 is 22.0 Å². The van der Waals surface area contributed by atoms with E-state index in [1.807, 2.05) is 0 Å². The first-order chi connectivity index (χ1) is 7.00. The third-order valence-electron chi connectivity index (χ3n) is 2.54. The van der Waals surface area contributed by atoms with Crippen molar-refractivity contribution in [2.75, 3.05) is 37.8 Å². The molecule has 1 aliphatic rings. The molecule has 0 saturated carbocycles. The van der Waals surface area contributed by atoms with Crippen LogP contribution < -0.4 is 0 Å². The van der Waals surface area contributed by atoms with Crippen LogP contribution in [0, 0.1) is 0 Å². The summed E-state index contributed by atoms with van der Waals surface area (Å²) in [7, 11) is -3.18. The average molecular weight is 239 g/mol. The fraction of sp³-hybridized carbons (Fsp3) is 1.00. The minimum absolute atomic E-state index is 0.103. The van der Waals surface area contributed by atoms with Crippen molar-refractivity contribution in [3.8, 4) is 0 Å². The van der Waals surface area contributed by atoms with E-state index in [9.17, 15) is 13.5 Å². The van der Waals surface area contributed by atoms with Crippen LogP contribution in [0.2, 0.25) is 0 Å². The molecular formula is C8H17NO5S. The van der Waals surface area contributed by atoms with Gasteiger partial charge in [0.25, 0.3) is 0 Å². The zero-order chi connectivity index (χ0) is 11.5. The van der Waals surface area contributed by atoms with E-state index in [4.69, 9.17) is 10.2 Å². The molecule has 90 valence electrons. The van der Waals surface area contributed by atoms with Crippen LogP contribution in [0.3, 0.4) is 0 Å². The molecule has 1 fully saturated rings. The van der Waals surface area contributed by atoms with Crippen molar-refractivity contribution < 1.29 is 23.7 Å². The lowest BCUT2D eigenvalue weighted by molar-refractivity contribution is 0.0588. The highest BCUT2D eigenvalue weighted by atomic mass is 32.2. The van der Waals surface area contributed by atoms with Gasteiger partial charge in [-0.05, 0) is 0 Å². The number of rotatable bonds is 5. The summed E-state index contributed by atoms with van der Waals surface area (Å²) in [5.74, 6) is -0.334. The Morgan fingerprint density at radius 1 is 1.13 bits per heavy atom. The summed E-state index contributed by atoms with van der Waals surface area (Å²) in [4.78, 5) is 1.61. The molecule has 6 nitrogen and oxygen atoms in total. The molecule has 0 aromatic heterocycles. The number of sulfone groups is 1. The first-order valence-corrected chi connectivity index (χ1v) is 6.66. The van der Waals surface area contributed by atoms with Crippen molar-refractivity contribution in [1.29, 1.82) is 0 Å². The van der Waals surface area contributed by atoms with Crippen LogP contribution >= 0.6 is 0 Å². The smallest absolute Gasteiger partial charge is 0.154 e. The second-order valence-electron chi connectivity index (χ2n) is 3.69. The Morgan fingerprint density at radius 2 is 1.67 bits per heavy atom. The van der Waals surface area contributed by atoms with Gasteiger partial charge in [-0.3, -0.25) is 4.90 Å². The summed E-state index contributed by atoms with van der Waals surface area (Å²) in [5, 5.41) is 27.1. The number of nitrogens with zero attached hydrogens (tertiary/aromatic N) is 1. The first-order valence-electron chi connectivity index (χ1n) is 4.84. The van der Waals surface area contributed by atoms with Crippen molar-refractivity contribution in [2.24, 2.45) is 0 Å². The summed E-state index contributed by atoms with van der Waals surface area (Å²) in [6.45, 7) is 0.280. The molecule has 0 bridgehead atoms. The van der Waals surface area contributed by atoms with Crippen LogP contribution in [0.4, 0.5) is 0 Å². The molecule has 7 heteroatoms. The van der Waals surface area contributed by atoms with Gasteiger partial charge in [0.05, 0.1) is 36.9 Å². The topological polar surface area (TPSA) is 98.1 Å². The van der Waals surface area contributed by atoms with E-state index in [-0.39, 0.29) is 37.8 Å². The largest absolute Gasteiger partial charge is 0.395 e. The molecule has 0 radical (unpaired) electrons. The van der Waals surface area contributed by atoms with E-state index in [2.05, 4.69) is 0 Å². The van der Waals surface area contributed by atoms with Gasteiger partial charge in [-0.15, -0.1) is 0 Å². The highest BCUT2D eigenvalue weighted by Crippen LogP contribution is 2.17. The van der Waals surface area contributed by atoms with Crippen LogP contribution in [0.15, 0.2) is 0 Å². The Kier molecular flexibility index (Phi) is 4.47. The van der Waals surface area contributed by atoms with Gasteiger partial charge in [-0.2, -0.15) is 0 Å². The molecular weight excluding hydrogens is 222 g/mol. The van der Waals surface area contributed by atoms with E-state index in [0.29, 0.717) is 0 Å². The van der Waals surface area contributed by atoms with Crippen LogP contribution in [0.5, 0.6) is 0 Å². The minimum Gasteiger partial charge on any atom is -0.395 e. The predicted octanol–water partition coefficient (Wildman–Crippen LogP) is -2.57. The lowest BCUT2D eigenvalue weighted by Crippen LogP contribution is -2.45. The molecule has 1 heterocycles. The fourth-order valence-electron chi connectivity index (χ4n) is 1.86. The molecule has 3 N–H and O–H groups in total. The molecule has 0 spiro atoms. The van der Waals surface area contributed by atoms with Gasteiger partial charge in [0, 0.05) is 13.1 Å². The van der Waals surface area contributed by atoms with Gasteiger partial charge in [0.1, 0.15) is 0 Å². The molecule has 1 rings (SSSR count). The Labute approximate surface area is 89.1 Å². The van der Waals surface area contributed by atoms with Gasteiger partial charge in [-0.25, -0.2) is 8.42 Å². The lowest BCUT2D eigenvalue weighted by atomic mass is 10.2. The third kappa shape index (κ3) is 3.39. The second-order valence-corrected chi connectivity index (χ2v) is 5.85. The van der Waals surface area contributed by atoms with Crippen molar-refractivity contribution in [2.45, 2.75) is 12.1 Å². The van der Waals surface area contributed by atoms with Crippen LogP contribution in [0.25, 0.3) is 0 Å². The molecule has 0 aromatic carbocycles. The molecule has 15 heavy (non-hydrogen) atoms. The monoisotopic (exact) mass is 239 g/mol. The Morgan fingerprint density at radius 3 is 2.00 bits per heavy atom. The maximum atomic E-state index is 11.3. The van der Waals surface area contributed by atoms with E-state index in [1.165, 1.54) is 0 Å². The number of aliphatic hydroxyl groups excluding tert-OH is 3. The molecule has 0 amide bonds. The molecule has 0 aromatic rings. The maximum Gasteiger partial charge on any atom is 0.154 e. The standard InChI is InChI=1S/C8H17NO5S/c10-3-1-9(2-4-11)7-5-15(13,14)6-8(7)12/h7-8,10-12H,1-6H2/t7-,8+/m1/s1. The van der Waals surface area contributed by atoms with Gasteiger partial charge >= 0.3 is 0 Å². The van der Waals surface area contributed by atoms with Crippen molar-refractivity contribution >= 4 is 9.84 Å². The normalized spacial score (nSPS) is 29.9. The quantitative estimate of drug-likeness (QED) is 0.488. The zero-order valence-corrected chi connectivity index (χ0v) is 9.23. The Hall–Kier alpha value is -0.210. The highest BCUT2D eigenvalue weighted by Gasteiger charge is 2.39. The minimum atomic E-state index is -3.18. The maximum absolute atomic E-state index is 11.3. The summed E-state index contributed by atoms with van der Waals surface area (Å²) in [6.07, 6.45) is -0.923. The summed E-state index contributed by atoms with van der Waals surface area (Å²) in [6, 6.07) is -0.505. The van der Waals surface area contributed by atoms with Crippen molar-refractivity contribution in [1.82, 2.24) is 4.90 Å². The second kappa shape index (κ2) is 5.22. The molecule has 2 atom stereocenters. The van der Waals surface area contributed by atoms with Gasteiger partial charge in [0.15, 0.2) is 9.84 Å². The lowest BCUT2D eigenvalue weighted by Gasteiger charge is -2.28. The zero-order valence-electron chi connectivity index (χ0n) is 8.41. The molecule has 1 aliphatic heterocycles. The van der Waals surface area contributed by atoms with E-state index in [1.54, 1.807) is 4.90 Å².